The number of hydrogen-bond acceptors (Lipinski definition) is 4. The number of nitrogens with zero attached hydrogens (tertiary/aromatic N) is 4. The van der Waals surface area contributed by atoms with Gasteiger partial charge in [-0.3, -0.25) is 0 Å². The van der Waals surface area contributed by atoms with Gasteiger partial charge in [-0.15, -0.1) is 0 Å². The SMILES string of the molecule is Cc1cc(C(=O)OCN=[N+]=[N-])cc(C)c1-c1ccccc1C#N. The predicted molar refractivity (Wildman–Crippen MR) is 85.5 cm³/mol. The molecule has 0 N–H and O–H groups in total. The monoisotopic (exact) mass is 306 g/mol. The summed E-state index contributed by atoms with van der Waals surface area (Å²) in [7, 11) is 0. The average molecular weight is 306 g/mol. The molecule has 6 heteroatoms. The third-order valence-electron chi connectivity index (χ3n) is 3.40. The number of carbonyl (C=O) groups is 1. The molecule has 23 heavy (non-hydrogen) atoms. The summed E-state index contributed by atoms with van der Waals surface area (Å²) < 4.78 is 4.86. The quantitative estimate of drug-likeness (QED) is 0.365. The van der Waals surface area contributed by atoms with Gasteiger partial charge in [-0.1, -0.05) is 23.3 Å². The molecule has 0 aliphatic rings. The molecular weight excluding hydrogens is 292 g/mol. The molecule has 2 aromatic carbocycles. The van der Waals surface area contributed by atoms with Crippen molar-refractivity contribution in [1.82, 2.24) is 0 Å². The number of esters is 1. The Morgan fingerprint density at radius 2 is 1.96 bits per heavy atom. The first-order valence-electron chi connectivity index (χ1n) is 6.87. The van der Waals surface area contributed by atoms with E-state index in [1.54, 1.807) is 18.2 Å². The molecule has 0 bridgehead atoms. The van der Waals surface area contributed by atoms with Gasteiger partial charge in [-0.25, -0.2) is 4.79 Å². The average Bonchev–Trinajstić information content (AvgIpc) is 2.54. The normalized spacial score (nSPS) is 9.61. The maximum absolute atomic E-state index is 11.9. The number of hydrogen-bond donors (Lipinski definition) is 0. The van der Waals surface area contributed by atoms with Gasteiger partial charge in [0, 0.05) is 4.91 Å². The molecule has 0 saturated heterocycles. The molecule has 0 aliphatic carbocycles. The fourth-order valence-electron chi connectivity index (χ4n) is 2.50. The Kier molecular flexibility index (Phi) is 4.98. The van der Waals surface area contributed by atoms with Crippen LogP contribution in [-0.2, 0) is 4.74 Å². The number of nitriles is 1. The molecule has 0 spiro atoms. The van der Waals surface area contributed by atoms with Crippen LogP contribution in [0, 0.1) is 25.2 Å². The zero-order valence-corrected chi connectivity index (χ0v) is 12.8. The van der Waals surface area contributed by atoms with E-state index in [1.165, 1.54) is 0 Å². The Morgan fingerprint density at radius 3 is 2.57 bits per heavy atom. The first kappa shape index (κ1) is 16.1. The van der Waals surface area contributed by atoms with Gasteiger partial charge < -0.3 is 4.74 Å². The molecule has 0 aliphatic heterocycles. The second kappa shape index (κ2) is 7.12. The smallest absolute Gasteiger partial charge is 0.338 e. The zero-order valence-electron chi connectivity index (χ0n) is 12.8. The summed E-state index contributed by atoms with van der Waals surface area (Å²) in [5, 5.41) is 12.4. The van der Waals surface area contributed by atoms with Gasteiger partial charge in [-0.05, 0) is 59.8 Å². The van der Waals surface area contributed by atoms with Gasteiger partial charge in [-0.2, -0.15) is 5.26 Å². The molecular formula is C17H14N4O2. The van der Waals surface area contributed by atoms with Crippen LogP contribution < -0.4 is 0 Å². The van der Waals surface area contributed by atoms with Crippen molar-refractivity contribution in [1.29, 1.82) is 5.26 Å². The predicted octanol–water partition coefficient (Wildman–Crippen LogP) is 4.27. The van der Waals surface area contributed by atoms with Crippen molar-refractivity contribution in [2.45, 2.75) is 13.8 Å². The van der Waals surface area contributed by atoms with Crippen LogP contribution in [0.4, 0.5) is 0 Å². The second-order valence-electron chi connectivity index (χ2n) is 4.93. The van der Waals surface area contributed by atoms with E-state index in [4.69, 9.17) is 10.3 Å². The van der Waals surface area contributed by atoms with E-state index >= 15 is 0 Å². The summed E-state index contributed by atoms with van der Waals surface area (Å²) in [4.78, 5) is 14.5. The number of benzene rings is 2. The van der Waals surface area contributed by atoms with E-state index in [9.17, 15) is 10.1 Å². The van der Waals surface area contributed by atoms with Gasteiger partial charge in [0.1, 0.15) is 0 Å². The molecule has 0 atom stereocenters. The van der Waals surface area contributed by atoms with E-state index in [1.807, 2.05) is 32.0 Å². The van der Waals surface area contributed by atoms with Gasteiger partial charge in [0.15, 0.2) is 6.73 Å². The summed E-state index contributed by atoms with van der Waals surface area (Å²) >= 11 is 0. The number of aryl methyl sites for hydroxylation is 2. The highest BCUT2D eigenvalue weighted by Crippen LogP contribution is 2.31. The highest BCUT2D eigenvalue weighted by molar-refractivity contribution is 5.91. The molecule has 0 unspecified atom stereocenters. The van der Waals surface area contributed by atoms with Crippen LogP contribution in [0.3, 0.4) is 0 Å². The molecule has 0 radical (unpaired) electrons. The van der Waals surface area contributed by atoms with Crippen LogP contribution in [0.25, 0.3) is 21.6 Å². The van der Waals surface area contributed by atoms with Crippen LogP contribution >= 0.6 is 0 Å². The first-order chi connectivity index (χ1) is 11.1. The van der Waals surface area contributed by atoms with E-state index < -0.39 is 5.97 Å². The summed E-state index contributed by atoms with van der Waals surface area (Å²) in [6.45, 7) is 3.41. The van der Waals surface area contributed by atoms with Crippen LogP contribution in [0.15, 0.2) is 41.5 Å². The molecule has 0 heterocycles. The van der Waals surface area contributed by atoms with E-state index in [2.05, 4.69) is 16.1 Å². The Morgan fingerprint density at radius 1 is 1.30 bits per heavy atom. The fourth-order valence-corrected chi connectivity index (χ4v) is 2.50. The minimum atomic E-state index is -0.552. The minimum Gasteiger partial charge on any atom is -0.456 e. The summed E-state index contributed by atoms with van der Waals surface area (Å²) in [5.74, 6) is -0.552. The van der Waals surface area contributed by atoms with Crippen molar-refractivity contribution in [2.75, 3.05) is 6.73 Å². The fraction of sp³-hybridized carbons (Fsp3) is 0.176. The topological polar surface area (TPSA) is 98.8 Å². The number of ether oxygens (including phenoxy) is 1. The minimum absolute atomic E-state index is 0.341. The van der Waals surface area contributed by atoms with Crippen molar-refractivity contribution >= 4 is 5.97 Å². The van der Waals surface area contributed by atoms with Crippen molar-refractivity contribution in [3.63, 3.8) is 0 Å². The summed E-state index contributed by atoms with van der Waals surface area (Å²) in [6, 6.07) is 12.9. The number of rotatable bonds is 4. The number of carbonyl (C=O) groups excluding carboxylic acids is 1. The van der Waals surface area contributed by atoms with Crippen molar-refractivity contribution < 1.29 is 9.53 Å². The second-order valence-corrected chi connectivity index (χ2v) is 4.93. The molecule has 2 rings (SSSR count). The van der Waals surface area contributed by atoms with Gasteiger partial charge in [0.05, 0.1) is 17.2 Å². The molecule has 2 aromatic rings. The van der Waals surface area contributed by atoms with Crippen molar-refractivity contribution in [3.8, 4) is 17.2 Å². The van der Waals surface area contributed by atoms with Gasteiger partial charge in [0.2, 0.25) is 0 Å². The standard InChI is InChI=1S/C17H14N4O2/c1-11-7-14(17(22)23-10-20-21-19)8-12(2)16(11)15-6-4-3-5-13(15)9-18/h3-8H,10H2,1-2H3. The molecule has 0 fully saturated rings. The lowest BCUT2D eigenvalue weighted by molar-refractivity contribution is 0.0515. The van der Waals surface area contributed by atoms with E-state index in [0.29, 0.717) is 11.1 Å². The Labute approximate surface area is 133 Å². The van der Waals surface area contributed by atoms with Crippen molar-refractivity contribution in [2.24, 2.45) is 5.11 Å². The van der Waals surface area contributed by atoms with Gasteiger partial charge in [0.25, 0.3) is 0 Å². The first-order valence-corrected chi connectivity index (χ1v) is 6.87. The van der Waals surface area contributed by atoms with Crippen LogP contribution in [0.2, 0.25) is 0 Å². The molecule has 0 aromatic heterocycles. The maximum Gasteiger partial charge on any atom is 0.338 e. The summed E-state index contributed by atoms with van der Waals surface area (Å²) in [5.41, 5.74) is 12.6. The zero-order chi connectivity index (χ0) is 16.8. The third-order valence-corrected chi connectivity index (χ3v) is 3.40. The molecule has 114 valence electrons. The summed E-state index contributed by atoms with van der Waals surface area (Å²) in [6.07, 6.45) is 0. The Hall–Kier alpha value is -3.29. The van der Waals surface area contributed by atoms with Crippen LogP contribution in [0.5, 0.6) is 0 Å². The van der Waals surface area contributed by atoms with Crippen LogP contribution in [0.1, 0.15) is 27.0 Å². The highest BCUT2D eigenvalue weighted by atomic mass is 16.5. The highest BCUT2D eigenvalue weighted by Gasteiger charge is 2.15. The van der Waals surface area contributed by atoms with Crippen LogP contribution in [-0.4, -0.2) is 12.7 Å². The van der Waals surface area contributed by atoms with Gasteiger partial charge >= 0.3 is 5.97 Å². The lowest BCUT2D eigenvalue weighted by Gasteiger charge is -2.13. The molecule has 0 amide bonds. The molecule has 0 saturated carbocycles. The lowest BCUT2D eigenvalue weighted by atomic mass is 9.91. The van der Waals surface area contributed by atoms with E-state index in [-0.39, 0.29) is 6.73 Å². The van der Waals surface area contributed by atoms with E-state index in [0.717, 1.165) is 22.3 Å². The Balaban J connectivity index is 2.44. The van der Waals surface area contributed by atoms with Crippen molar-refractivity contribution in [3.05, 3.63) is 69.1 Å². The Bertz CT molecular complexity index is 823. The third kappa shape index (κ3) is 3.49. The largest absolute Gasteiger partial charge is 0.456 e. The maximum atomic E-state index is 11.9. The molecule has 6 nitrogen and oxygen atoms in total. The lowest BCUT2D eigenvalue weighted by Crippen LogP contribution is -2.06. The number of azide groups is 1.